The lowest BCUT2D eigenvalue weighted by Crippen LogP contribution is -2.51. The molecule has 4 amide bonds. The van der Waals surface area contributed by atoms with Crippen LogP contribution in [0.5, 0.6) is 0 Å². The van der Waals surface area contributed by atoms with Crippen molar-refractivity contribution in [1.29, 1.82) is 0 Å². The van der Waals surface area contributed by atoms with Crippen LogP contribution in [-0.2, 0) is 38.5 Å². The van der Waals surface area contributed by atoms with Crippen molar-refractivity contribution in [2.75, 3.05) is 0 Å². The van der Waals surface area contributed by atoms with E-state index in [1.165, 1.54) is 11.4 Å². The molecule has 1 heterocycles. The molecule has 250 valence electrons. The lowest BCUT2D eigenvalue weighted by atomic mass is 10.0. The Bertz CT molecular complexity index is 1300. The van der Waals surface area contributed by atoms with E-state index in [0.29, 0.717) is 0 Å². The van der Waals surface area contributed by atoms with Gasteiger partial charge in [0.25, 0.3) is 11.8 Å². The number of hydrogen-bond donors (Lipinski definition) is 3. The molecule has 1 aromatic rings. The van der Waals surface area contributed by atoms with Crippen molar-refractivity contribution in [3.8, 4) is 0 Å². The first-order valence-corrected chi connectivity index (χ1v) is 16.6. The fourth-order valence-corrected chi connectivity index (χ4v) is 6.39. The lowest BCUT2D eigenvalue weighted by Gasteiger charge is -2.25. The van der Waals surface area contributed by atoms with Crippen LogP contribution in [0.4, 0.5) is 9.59 Å². The largest absolute Gasteiger partial charge is 0.460 e. The summed E-state index contributed by atoms with van der Waals surface area (Å²) in [5, 5.41) is 6.34. The Balaban J connectivity index is 3.54. The predicted molar refractivity (Wildman–Crippen MR) is 168 cm³/mol. The van der Waals surface area contributed by atoms with E-state index < -0.39 is 75.2 Å². The maximum Gasteiger partial charge on any atom is 0.408 e. The molecule has 0 saturated heterocycles. The Morgan fingerprint density at radius 1 is 0.864 bits per heavy atom. The normalized spacial score (nSPS) is 14.8. The molecule has 3 atom stereocenters. The second-order valence-corrected chi connectivity index (χ2v) is 16.8. The molecule has 13 nitrogen and oxygen atoms in total. The number of rotatable bonds is 10. The summed E-state index contributed by atoms with van der Waals surface area (Å²) < 4.78 is 36.1. The summed E-state index contributed by atoms with van der Waals surface area (Å²) in [6, 6.07) is -1.63. The van der Waals surface area contributed by atoms with Gasteiger partial charge in [-0.3, -0.25) is 19.1 Å². The number of nitrogens with one attached hydrogen (secondary N) is 3. The molecule has 0 aliphatic heterocycles. The van der Waals surface area contributed by atoms with E-state index in [1.54, 1.807) is 76.2 Å². The van der Waals surface area contributed by atoms with Crippen molar-refractivity contribution in [1.82, 2.24) is 15.4 Å². The van der Waals surface area contributed by atoms with Crippen LogP contribution in [-0.4, -0.2) is 63.1 Å². The molecular weight excluding hydrogens is 636 g/mol. The van der Waals surface area contributed by atoms with Gasteiger partial charge in [0.2, 0.25) is 0 Å². The van der Waals surface area contributed by atoms with Gasteiger partial charge in [-0.15, -0.1) is 15.7 Å². The minimum absolute atomic E-state index is 0.0851. The van der Waals surface area contributed by atoms with E-state index in [1.807, 2.05) is 0 Å². The lowest BCUT2D eigenvalue weighted by molar-refractivity contribution is -0.156. The van der Waals surface area contributed by atoms with Crippen LogP contribution in [0.15, 0.2) is 20.0 Å². The zero-order valence-electron chi connectivity index (χ0n) is 27.1. The number of thiophene rings is 1. The second-order valence-electron chi connectivity index (χ2n) is 13.3. The molecule has 0 spiro atoms. The van der Waals surface area contributed by atoms with Crippen molar-refractivity contribution in [2.24, 2.45) is 10.3 Å². The fourth-order valence-electron chi connectivity index (χ4n) is 3.31. The summed E-state index contributed by atoms with van der Waals surface area (Å²) in [4.78, 5) is 64.7. The van der Waals surface area contributed by atoms with Crippen molar-refractivity contribution < 1.29 is 42.4 Å². The molecule has 1 aromatic heterocycles. The molecule has 0 radical (unpaired) electrons. The van der Waals surface area contributed by atoms with Crippen LogP contribution >= 0.6 is 22.9 Å². The quantitative estimate of drug-likeness (QED) is 0.217. The number of carbonyl (C=O) groups is 5. The van der Waals surface area contributed by atoms with E-state index in [9.17, 15) is 28.2 Å². The van der Waals surface area contributed by atoms with Crippen LogP contribution in [0.3, 0.4) is 0 Å². The van der Waals surface area contributed by atoms with Crippen LogP contribution in [0.2, 0.25) is 5.02 Å². The highest BCUT2D eigenvalue weighted by atomic mass is 35.5. The summed E-state index contributed by atoms with van der Waals surface area (Å²) in [5.41, 5.74) is -2.70. The van der Waals surface area contributed by atoms with Gasteiger partial charge >= 0.3 is 18.2 Å². The van der Waals surface area contributed by atoms with Gasteiger partial charge < -0.3 is 24.8 Å². The fraction of sp³-hybridized carbons (Fsp3) is 0.679. The summed E-state index contributed by atoms with van der Waals surface area (Å²) >= 11 is 6.92. The third-order valence-electron chi connectivity index (χ3n) is 4.77. The molecule has 1 unspecified atom stereocenters. The van der Waals surface area contributed by atoms with E-state index in [2.05, 4.69) is 19.7 Å². The Hall–Kier alpha value is -2.91. The SMILES string of the molecule is CC(C)C[C@H](NC(=O)OC(C)(C)C)C(=O)N=S(=O)(NC(=O)[C@H](CC(=O)OC(C)(C)C)NC(=O)OC(C)(C)C)c1cc(Cl)cs1. The Morgan fingerprint density at radius 3 is 1.75 bits per heavy atom. The molecule has 0 aliphatic carbocycles. The van der Waals surface area contributed by atoms with E-state index in [0.717, 1.165) is 11.3 Å². The first-order valence-electron chi connectivity index (χ1n) is 13.9. The van der Waals surface area contributed by atoms with Gasteiger partial charge in [-0.25, -0.2) is 13.8 Å². The molecule has 0 aliphatic rings. The number of nitrogens with zero attached hydrogens (tertiary/aromatic N) is 1. The maximum atomic E-state index is 14.3. The van der Waals surface area contributed by atoms with Crippen LogP contribution in [0, 0.1) is 5.92 Å². The number of hydrogen-bond acceptors (Lipinski definition) is 10. The number of halogens is 1. The van der Waals surface area contributed by atoms with Gasteiger partial charge in [-0.1, -0.05) is 25.4 Å². The molecule has 0 saturated carbocycles. The highest BCUT2D eigenvalue weighted by Crippen LogP contribution is 2.26. The zero-order valence-corrected chi connectivity index (χ0v) is 29.5. The Kier molecular flexibility index (Phi) is 13.7. The van der Waals surface area contributed by atoms with Crippen molar-refractivity contribution in [3.05, 3.63) is 16.5 Å². The van der Waals surface area contributed by atoms with Gasteiger partial charge in [0, 0.05) is 5.38 Å². The third kappa shape index (κ3) is 15.2. The first kappa shape index (κ1) is 39.1. The van der Waals surface area contributed by atoms with E-state index in [4.69, 9.17) is 25.8 Å². The molecule has 44 heavy (non-hydrogen) atoms. The monoisotopic (exact) mass is 680 g/mol. The Labute approximate surface area is 268 Å². The minimum Gasteiger partial charge on any atom is -0.460 e. The highest BCUT2D eigenvalue weighted by molar-refractivity contribution is 7.94. The second kappa shape index (κ2) is 15.4. The predicted octanol–water partition coefficient (Wildman–Crippen LogP) is 5.35. The molecule has 0 aromatic carbocycles. The Morgan fingerprint density at radius 2 is 1.34 bits per heavy atom. The van der Waals surface area contributed by atoms with Gasteiger partial charge in [-0.05, 0) is 80.7 Å². The molecular formula is C28H45ClN4O9S2. The number of carbonyl (C=O) groups excluding carboxylic acids is 5. The van der Waals surface area contributed by atoms with Crippen LogP contribution in [0.1, 0.15) is 89.0 Å². The van der Waals surface area contributed by atoms with Gasteiger partial charge in [-0.2, -0.15) is 0 Å². The average Bonchev–Trinajstić information content (AvgIpc) is 3.21. The number of alkyl carbamates (subject to hydrolysis) is 2. The molecule has 1 rings (SSSR count). The van der Waals surface area contributed by atoms with E-state index >= 15 is 0 Å². The number of ether oxygens (including phenoxy) is 3. The maximum absolute atomic E-state index is 14.3. The smallest absolute Gasteiger partial charge is 0.408 e. The van der Waals surface area contributed by atoms with Gasteiger partial charge in [0.05, 0.1) is 11.4 Å². The first-order chi connectivity index (χ1) is 19.8. The summed E-state index contributed by atoms with van der Waals surface area (Å²) in [6.07, 6.45) is -2.47. The minimum atomic E-state index is -4.11. The molecule has 3 N–H and O–H groups in total. The zero-order chi connectivity index (χ0) is 34.3. The summed E-state index contributed by atoms with van der Waals surface area (Å²) in [6.45, 7) is 18.2. The summed E-state index contributed by atoms with van der Waals surface area (Å²) in [5.74, 6) is -3.07. The molecule has 0 fully saturated rings. The van der Waals surface area contributed by atoms with Crippen molar-refractivity contribution >= 4 is 62.8 Å². The topological polar surface area (TPSA) is 179 Å². The van der Waals surface area contributed by atoms with Gasteiger partial charge in [0.15, 0.2) is 9.92 Å². The van der Waals surface area contributed by atoms with E-state index in [-0.39, 0.29) is 21.6 Å². The highest BCUT2D eigenvalue weighted by Gasteiger charge is 2.33. The average molecular weight is 681 g/mol. The molecule has 16 heteroatoms. The number of amides is 4. The third-order valence-corrected chi connectivity index (χ3v) is 8.38. The molecule has 0 bridgehead atoms. The van der Waals surface area contributed by atoms with Gasteiger partial charge in [0.1, 0.15) is 33.1 Å². The van der Waals surface area contributed by atoms with Crippen molar-refractivity contribution in [2.45, 2.75) is 122 Å². The standard InChI is InChI=1S/C28H45ClN4O9S2/c1-16(2)12-18(30-24(37)41-27(6,7)8)22(35)32-44(39,21-13-17(29)15-43-21)33-23(36)19(14-20(34)40-26(3,4)5)31-25(38)42-28(9,10)11/h13,15-16,18-19H,12,14H2,1-11H3,(H,30,37)(H,31,38)(H,32,33,35,36,39)/t18-,19-,44?/m0/s1. The van der Waals surface area contributed by atoms with Crippen LogP contribution < -0.4 is 15.4 Å². The van der Waals surface area contributed by atoms with Crippen molar-refractivity contribution in [3.63, 3.8) is 0 Å². The summed E-state index contributed by atoms with van der Waals surface area (Å²) in [7, 11) is -4.11. The van der Waals surface area contributed by atoms with Crippen LogP contribution in [0.25, 0.3) is 0 Å². The number of esters is 1.